The van der Waals surface area contributed by atoms with Crippen molar-refractivity contribution in [1.82, 2.24) is 18.2 Å². The minimum atomic E-state index is -3.94. The molecule has 0 spiro atoms. The zero-order valence-corrected chi connectivity index (χ0v) is 16.8. The van der Waals surface area contributed by atoms with Gasteiger partial charge in [0.25, 0.3) is 10.0 Å². The summed E-state index contributed by atoms with van der Waals surface area (Å²) in [4.78, 5) is 3.86. The lowest BCUT2D eigenvalue weighted by Gasteiger charge is -2.21. The van der Waals surface area contributed by atoms with Crippen LogP contribution in [0.25, 0.3) is 0 Å². The number of rotatable bonds is 5. The summed E-state index contributed by atoms with van der Waals surface area (Å²) in [5.74, 6) is -2.22. The van der Waals surface area contributed by atoms with Crippen molar-refractivity contribution in [1.29, 1.82) is 0 Å². The summed E-state index contributed by atoms with van der Waals surface area (Å²) >= 11 is 0. The molecule has 8 nitrogen and oxygen atoms in total. The predicted octanol–water partition coefficient (Wildman–Crippen LogP) is 0.925. The van der Waals surface area contributed by atoms with Crippen LogP contribution in [0, 0.1) is 11.6 Å². The lowest BCUT2D eigenvalue weighted by molar-refractivity contribution is 0.403. The first-order valence-electron chi connectivity index (χ1n) is 8.49. The fraction of sp³-hybridized carbons (Fsp3) is 0.438. The molecular formula is C16H20F2N4O4S2. The van der Waals surface area contributed by atoms with Gasteiger partial charge in [-0.25, -0.2) is 34.9 Å². The summed E-state index contributed by atoms with van der Waals surface area (Å²) < 4.78 is 81.6. The molecule has 0 atom stereocenters. The number of aromatic nitrogens is 2. The Morgan fingerprint density at radius 3 is 2.39 bits per heavy atom. The van der Waals surface area contributed by atoms with Crippen LogP contribution in [0.5, 0.6) is 0 Å². The first-order chi connectivity index (χ1) is 13.1. The van der Waals surface area contributed by atoms with E-state index in [4.69, 9.17) is 0 Å². The van der Waals surface area contributed by atoms with Crippen molar-refractivity contribution in [2.75, 3.05) is 26.2 Å². The maximum atomic E-state index is 13.8. The van der Waals surface area contributed by atoms with E-state index >= 15 is 0 Å². The quantitative estimate of drug-likeness (QED) is 0.698. The van der Waals surface area contributed by atoms with Crippen molar-refractivity contribution >= 4 is 20.0 Å². The Kier molecular flexibility index (Phi) is 5.84. The molecule has 0 aliphatic carbocycles. The van der Waals surface area contributed by atoms with Crippen molar-refractivity contribution in [3.8, 4) is 0 Å². The molecule has 1 aromatic carbocycles. The molecule has 0 unspecified atom stereocenters. The smallest absolute Gasteiger partial charge is 0.262 e. The third-order valence-electron chi connectivity index (χ3n) is 4.44. The highest BCUT2D eigenvalue weighted by atomic mass is 32.2. The van der Waals surface area contributed by atoms with Gasteiger partial charge in [-0.05, 0) is 24.6 Å². The molecule has 0 radical (unpaired) electrons. The molecule has 1 aliphatic heterocycles. The molecule has 0 N–H and O–H groups in total. The summed E-state index contributed by atoms with van der Waals surface area (Å²) in [7, 11) is -6.13. The summed E-state index contributed by atoms with van der Waals surface area (Å²) in [5, 5.41) is -0.104. The molecule has 28 heavy (non-hydrogen) atoms. The monoisotopic (exact) mass is 434 g/mol. The van der Waals surface area contributed by atoms with E-state index in [1.165, 1.54) is 21.4 Å². The second-order valence-corrected chi connectivity index (χ2v) is 10.4. The third kappa shape index (κ3) is 4.40. The zero-order valence-electron chi connectivity index (χ0n) is 15.1. The molecule has 12 heteroatoms. The summed E-state index contributed by atoms with van der Waals surface area (Å²) in [6, 6.07) is 2.64. The highest BCUT2D eigenvalue weighted by Crippen LogP contribution is 2.20. The molecule has 0 amide bonds. The van der Waals surface area contributed by atoms with Crippen LogP contribution in [0.1, 0.15) is 12.0 Å². The van der Waals surface area contributed by atoms with Gasteiger partial charge in [0.1, 0.15) is 11.6 Å². The standard InChI is InChI=1S/C16H20F2N4O4S2/c1-20-10-16(19-12-20)28(25,26)22-6-2-5-21(7-8-22)27(23,24)11-13-9-14(17)3-4-15(13)18/h3-4,9-10,12H,2,5-8,11H2,1H3. The lowest BCUT2D eigenvalue weighted by atomic mass is 10.2. The number of aryl methyl sites for hydroxylation is 1. The largest absolute Gasteiger partial charge is 0.339 e. The summed E-state index contributed by atoms with van der Waals surface area (Å²) in [6.45, 7) is 0.0991. The van der Waals surface area contributed by atoms with Crippen LogP contribution in [-0.2, 0) is 32.8 Å². The number of halogens is 2. The van der Waals surface area contributed by atoms with Gasteiger partial charge in [-0.3, -0.25) is 0 Å². The normalized spacial score (nSPS) is 17.5. The van der Waals surface area contributed by atoms with E-state index in [0.717, 1.165) is 22.5 Å². The maximum absolute atomic E-state index is 13.8. The van der Waals surface area contributed by atoms with Crippen molar-refractivity contribution in [2.24, 2.45) is 7.05 Å². The van der Waals surface area contributed by atoms with Crippen LogP contribution >= 0.6 is 0 Å². The van der Waals surface area contributed by atoms with Crippen LogP contribution < -0.4 is 0 Å². The maximum Gasteiger partial charge on any atom is 0.262 e. The van der Waals surface area contributed by atoms with Crippen molar-refractivity contribution in [3.05, 3.63) is 47.9 Å². The molecule has 0 saturated carbocycles. The van der Waals surface area contributed by atoms with Gasteiger partial charge in [0.15, 0.2) is 5.03 Å². The molecule has 0 bridgehead atoms. The minimum absolute atomic E-state index is 0.0518. The van der Waals surface area contributed by atoms with Gasteiger partial charge in [0, 0.05) is 45.0 Å². The van der Waals surface area contributed by atoms with Gasteiger partial charge in [0.05, 0.1) is 12.1 Å². The topological polar surface area (TPSA) is 92.6 Å². The fourth-order valence-corrected chi connectivity index (χ4v) is 5.98. The molecule has 2 heterocycles. The van der Waals surface area contributed by atoms with Gasteiger partial charge >= 0.3 is 0 Å². The van der Waals surface area contributed by atoms with E-state index in [1.807, 2.05) is 0 Å². The second-order valence-electron chi connectivity index (χ2n) is 6.53. The van der Waals surface area contributed by atoms with Crippen molar-refractivity contribution in [2.45, 2.75) is 17.2 Å². The Morgan fingerprint density at radius 1 is 1.04 bits per heavy atom. The van der Waals surface area contributed by atoms with Gasteiger partial charge in [0.2, 0.25) is 10.0 Å². The first kappa shape index (κ1) is 20.8. The van der Waals surface area contributed by atoms with Gasteiger partial charge in [-0.15, -0.1) is 0 Å². The Balaban J connectivity index is 1.75. The molecule has 1 fully saturated rings. The van der Waals surface area contributed by atoms with Crippen LogP contribution in [0.3, 0.4) is 0 Å². The average Bonchev–Trinajstić information content (AvgIpc) is 2.90. The van der Waals surface area contributed by atoms with Crippen LogP contribution in [0.2, 0.25) is 0 Å². The Bertz CT molecular complexity index is 1070. The molecule has 154 valence electrons. The number of nitrogens with zero attached hydrogens (tertiary/aromatic N) is 4. The van der Waals surface area contributed by atoms with E-state index in [1.54, 1.807) is 7.05 Å². The van der Waals surface area contributed by atoms with E-state index in [-0.39, 0.29) is 43.2 Å². The first-order valence-corrected chi connectivity index (χ1v) is 11.5. The Labute approximate surface area is 162 Å². The molecule has 1 saturated heterocycles. The Morgan fingerprint density at radius 2 is 1.71 bits per heavy atom. The van der Waals surface area contributed by atoms with E-state index in [0.29, 0.717) is 0 Å². The van der Waals surface area contributed by atoms with E-state index < -0.39 is 37.4 Å². The molecule has 1 aromatic heterocycles. The fourth-order valence-electron chi connectivity index (χ4n) is 2.98. The van der Waals surface area contributed by atoms with Gasteiger partial charge in [-0.1, -0.05) is 0 Å². The number of hydrogen-bond acceptors (Lipinski definition) is 5. The highest BCUT2D eigenvalue weighted by molar-refractivity contribution is 7.89. The summed E-state index contributed by atoms with van der Waals surface area (Å²) in [5.41, 5.74) is -0.262. The van der Waals surface area contributed by atoms with Crippen molar-refractivity contribution in [3.63, 3.8) is 0 Å². The van der Waals surface area contributed by atoms with E-state index in [2.05, 4.69) is 4.98 Å². The van der Waals surface area contributed by atoms with E-state index in [9.17, 15) is 25.6 Å². The minimum Gasteiger partial charge on any atom is -0.339 e. The molecule has 1 aliphatic rings. The van der Waals surface area contributed by atoms with Crippen LogP contribution in [0.4, 0.5) is 8.78 Å². The van der Waals surface area contributed by atoms with Crippen molar-refractivity contribution < 1.29 is 25.6 Å². The second kappa shape index (κ2) is 7.85. The van der Waals surface area contributed by atoms with Crippen LogP contribution in [-0.4, -0.2) is 61.2 Å². The average molecular weight is 434 g/mol. The molecule has 2 aromatic rings. The molecular weight excluding hydrogens is 414 g/mol. The number of hydrogen-bond donors (Lipinski definition) is 0. The SMILES string of the molecule is Cn1cnc(S(=O)(=O)N2CCCN(S(=O)(=O)Cc3cc(F)ccc3F)CC2)c1. The lowest BCUT2D eigenvalue weighted by Crippen LogP contribution is -2.38. The number of imidazole rings is 1. The predicted molar refractivity (Wildman–Crippen MR) is 97.1 cm³/mol. The highest BCUT2D eigenvalue weighted by Gasteiger charge is 2.32. The van der Waals surface area contributed by atoms with Gasteiger partial charge in [-0.2, -0.15) is 4.31 Å². The van der Waals surface area contributed by atoms with Gasteiger partial charge < -0.3 is 4.57 Å². The molecule has 3 rings (SSSR count). The Hall–Kier alpha value is -1.89. The third-order valence-corrected chi connectivity index (χ3v) is 8.05. The van der Waals surface area contributed by atoms with Crippen LogP contribution in [0.15, 0.2) is 35.7 Å². The summed E-state index contributed by atoms with van der Waals surface area (Å²) in [6.07, 6.45) is 3.02. The number of benzene rings is 1. The zero-order chi connectivity index (χ0) is 20.5. The number of sulfonamides is 2.